The molecule has 4 aliphatic heterocycles. The van der Waals surface area contributed by atoms with Crippen molar-refractivity contribution in [1.82, 2.24) is 15.5 Å². The molecule has 6 amide bonds. The highest BCUT2D eigenvalue weighted by Gasteiger charge is 2.75. The molecule has 7 unspecified atom stereocenters. The number of urea groups is 2. The van der Waals surface area contributed by atoms with Gasteiger partial charge in [0.15, 0.2) is 0 Å². The lowest BCUT2D eigenvalue weighted by Gasteiger charge is -2.46. The molecule has 0 aliphatic carbocycles. The molecule has 1 spiro atoms. The molecule has 15 nitrogen and oxygen atoms in total. The van der Waals surface area contributed by atoms with Gasteiger partial charge in [0.25, 0.3) is 0 Å². The third-order valence-corrected chi connectivity index (χ3v) is 13.9. The van der Waals surface area contributed by atoms with Gasteiger partial charge < -0.3 is 41.2 Å². The zero-order valence-electron chi connectivity index (χ0n) is 38.7. The Morgan fingerprint density at radius 2 is 1.44 bits per heavy atom. The van der Waals surface area contributed by atoms with Crippen LogP contribution in [-0.4, -0.2) is 78.7 Å². The van der Waals surface area contributed by atoms with Crippen molar-refractivity contribution in [3.05, 3.63) is 191 Å². The highest BCUT2D eigenvalue weighted by Crippen LogP contribution is 2.66. The van der Waals surface area contributed by atoms with Crippen molar-refractivity contribution >= 4 is 46.9 Å². The second kappa shape index (κ2) is 19.5. The second-order valence-electron chi connectivity index (χ2n) is 18.0. The maximum Gasteiger partial charge on any atom is 0.329 e. The molecular formula is C56H51N7O8. The van der Waals surface area contributed by atoms with Gasteiger partial charge in [-0.3, -0.25) is 19.3 Å². The predicted molar refractivity (Wildman–Crippen MR) is 266 cm³/mol. The molecule has 7 atom stereocenters. The molecular weight excluding hydrogens is 899 g/mol. The third-order valence-electron chi connectivity index (χ3n) is 13.9. The molecule has 0 aromatic heterocycles. The highest BCUT2D eigenvalue weighted by atomic mass is 16.6. The second-order valence-corrected chi connectivity index (χ2v) is 18.0. The van der Waals surface area contributed by atoms with Crippen molar-refractivity contribution < 1.29 is 38.6 Å². The van der Waals surface area contributed by atoms with Crippen LogP contribution in [0, 0.1) is 17.8 Å². The van der Waals surface area contributed by atoms with E-state index in [0.717, 1.165) is 21.7 Å². The van der Waals surface area contributed by atoms with Gasteiger partial charge >= 0.3 is 18.0 Å². The lowest BCUT2D eigenvalue weighted by atomic mass is 9.65. The van der Waals surface area contributed by atoms with Crippen LogP contribution in [0.5, 0.6) is 5.75 Å². The summed E-state index contributed by atoms with van der Waals surface area (Å²) in [6, 6.07) is 41.2. The molecule has 358 valence electrons. The molecule has 71 heavy (non-hydrogen) atoms. The average molecular weight is 950 g/mol. The molecule has 0 radical (unpaired) electrons. The van der Waals surface area contributed by atoms with Gasteiger partial charge in [-0.1, -0.05) is 115 Å². The molecule has 15 heteroatoms. The number of hydrogen-bond acceptors (Lipinski definition) is 10. The first-order chi connectivity index (χ1) is 34.5. The van der Waals surface area contributed by atoms with Crippen LogP contribution >= 0.6 is 0 Å². The monoisotopic (exact) mass is 949 g/mol. The van der Waals surface area contributed by atoms with Crippen LogP contribution in [0.4, 0.5) is 26.7 Å². The molecule has 4 aliphatic rings. The first kappa shape index (κ1) is 46.3. The van der Waals surface area contributed by atoms with Crippen LogP contribution in [0.15, 0.2) is 158 Å². The summed E-state index contributed by atoms with van der Waals surface area (Å²) in [6.07, 6.45) is -0.939. The normalized spacial score (nSPS) is 22.9. The van der Waals surface area contributed by atoms with Crippen molar-refractivity contribution in [2.24, 2.45) is 11.7 Å². The highest BCUT2D eigenvalue weighted by molar-refractivity contribution is 6.25. The summed E-state index contributed by atoms with van der Waals surface area (Å²) in [5.74, 6) is 2.14. The van der Waals surface area contributed by atoms with E-state index in [0.29, 0.717) is 48.7 Å². The minimum absolute atomic E-state index is 0.0526. The molecule has 0 saturated carbocycles. The van der Waals surface area contributed by atoms with Crippen LogP contribution < -0.4 is 31.5 Å². The summed E-state index contributed by atoms with van der Waals surface area (Å²) in [4.78, 5) is 79.9. The fourth-order valence-corrected chi connectivity index (χ4v) is 10.8. The topological polar surface area (TPSA) is 196 Å². The quantitative estimate of drug-likeness (QED) is 0.0742. The van der Waals surface area contributed by atoms with Crippen molar-refractivity contribution in [2.45, 2.75) is 42.6 Å². The molecule has 6 aromatic rings. The number of imide groups is 1. The van der Waals surface area contributed by atoms with Crippen molar-refractivity contribution in [3.63, 3.8) is 0 Å². The van der Waals surface area contributed by atoms with Gasteiger partial charge in [-0.25, -0.2) is 14.5 Å². The van der Waals surface area contributed by atoms with Gasteiger partial charge in [0.05, 0.1) is 49.5 Å². The fourth-order valence-electron chi connectivity index (χ4n) is 10.8. The summed E-state index contributed by atoms with van der Waals surface area (Å²) in [6.45, 7) is 4.29. The van der Waals surface area contributed by atoms with E-state index in [1.54, 1.807) is 42.5 Å². The maximum absolute atomic E-state index is 16.6. The number of nitrogens with one attached hydrogen (secondary N) is 3. The Labute approximate surface area is 410 Å². The van der Waals surface area contributed by atoms with E-state index >= 15 is 19.2 Å². The van der Waals surface area contributed by atoms with E-state index in [1.807, 2.05) is 115 Å². The van der Waals surface area contributed by atoms with Crippen molar-refractivity contribution in [3.8, 4) is 17.6 Å². The summed E-state index contributed by atoms with van der Waals surface area (Å²) in [5.41, 5.74) is 8.09. The number of nitrogens with two attached hydrogens (primary N) is 1. The Morgan fingerprint density at radius 3 is 2.10 bits per heavy atom. The summed E-state index contributed by atoms with van der Waals surface area (Å²) >= 11 is 0. The average Bonchev–Trinajstić information content (AvgIpc) is 3.85. The molecule has 6 N–H and O–H groups in total. The number of phenolic OH excluding ortho intramolecular Hbond substituents is 1. The molecule has 3 saturated heterocycles. The van der Waals surface area contributed by atoms with Crippen molar-refractivity contribution in [1.29, 1.82) is 0 Å². The Kier molecular flexibility index (Phi) is 12.7. The van der Waals surface area contributed by atoms with E-state index < -0.39 is 71.5 Å². The third kappa shape index (κ3) is 8.57. The first-order valence-electron chi connectivity index (χ1n) is 23.5. The Balaban J connectivity index is 1.22. The summed E-state index contributed by atoms with van der Waals surface area (Å²) in [7, 11) is 0. The number of amides is 6. The number of hydrogen-bond donors (Lipinski definition) is 5. The lowest BCUT2D eigenvalue weighted by Crippen LogP contribution is -2.55. The SMILES string of the molecule is CC(NC(=O)N1C(=O)C2(c3cc(C#CCNC(N)=O)ccc31)C(C(=O)Nc1ccc(N3CCOCC3)cc1)C1C(=O)OC(c3ccccc3)C(c3ccccc3)N1C2c1ccc(O)cc1)c1ccccc1. The molecule has 3 fully saturated rings. The largest absolute Gasteiger partial charge is 0.508 e. The first-order valence-corrected chi connectivity index (χ1v) is 23.5. The lowest BCUT2D eigenvalue weighted by molar-refractivity contribution is -0.177. The number of nitrogens with zero attached hydrogens (tertiary/aromatic N) is 3. The van der Waals surface area contributed by atoms with E-state index in [1.165, 1.54) is 12.1 Å². The predicted octanol–water partition coefficient (Wildman–Crippen LogP) is 7.02. The minimum Gasteiger partial charge on any atom is -0.508 e. The number of anilines is 3. The number of phenols is 1. The number of ether oxygens (including phenoxy) is 2. The molecule has 6 aromatic carbocycles. The smallest absolute Gasteiger partial charge is 0.329 e. The number of esters is 1. The number of primary amides is 1. The molecule has 10 rings (SSSR count). The molecule has 4 heterocycles. The van der Waals surface area contributed by atoms with Crippen LogP contribution in [0.3, 0.4) is 0 Å². The van der Waals surface area contributed by atoms with Gasteiger partial charge in [0, 0.05) is 30.0 Å². The van der Waals surface area contributed by atoms with Gasteiger partial charge in [0.1, 0.15) is 23.3 Å². The summed E-state index contributed by atoms with van der Waals surface area (Å²) in [5, 5.41) is 19.4. The fraction of sp³-hybridized carbons (Fsp3) is 0.232. The van der Waals surface area contributed by atoms with Gasteiger partial charge in [-0.2, -0.15) is 0 Å². The van der Waals surface area contributed by atoms with Gasteiger partial charge in [0.2, 0.25) is 11.8 Å². The number of carbonyl (C=O) groups is 5. The maximum atomic E-state index is 16.6. The van der Waals surface area contributed by atoms with Crippen molar-refractivity contribution in [2.75, 3.05) is 48.0 Å². The van der Waals surface area contributed by atoms with Crippen LogP contribution in [0.2, 0.25) is 0 Å². The number of rotatable bonds is 9. The van der Waals surface area contributed by atoms with E-state index in [2.05, 4.69) is 32.7 Å². The number of benzene rings is 6. The number of morpholine rings is 2. The van der Waals surface area contributed by atoms with Crippen LogP contribution in [0.1, 0.15) is 64.5 Å². The standard InChI is InChI=1S/C56H51N7O8/c1-35(37-13-5-2-6-14-37)59-55(69)62-45-28-19-36(12-11-29-58-54(57)68)34-44(45)56(53(62)67)46(51(65)60-41-22-24-42(25-23-41)61-30-32-70-33-31-61)48-52(66)71-49(39-17-9-4-10-18-39)47(38-15-7-3-8-16-38)63(48)50(56)40-20-26-43(64)27-21-40/h2-10,13-28,34-35,46-50,64H,29-33H2,1H3,(H,59,69)(H,60,65)(H3,57,58,68). The zero-order valence-corrected chi connectivity index (χ0v) is 38.7. The minimum atomic E-state index is -2.08. The number of aromatic hydroxyl groups is 1. The number of cyclic esters (lactones) is 1. The number of carbonyl (C=O) groups excluding carboxylic acids is 5. The molecule has 0 bridgehead atoms. The van der Waals surface area contributed by atoms with Crippen LogP contribution in [0.25, 0.3) is 0 Å². The Bertz CT molecular complexity index is 3030. The zero-order chi connectivity index (χ0) is 49.2. The Morgan fingerprint density at radius 1 is 0.789 bits per heavy atom. The number of fused-ring (bicyclic) bond motifs is 3. The van der Waals surface area contributed by atoms with Gasteiger partial charge in [-0.15, -0.1) is 0 Å². The van der Waals surface area contributed by atoms with Gasteiger partial charge in [-0.05, 0) is 89.3 Å². The summed E-state index contributed by atoms with van der Waals surface area (Å²) < 4.78 is 12.2. The van der Waals surface area contributed by atoms with E-state index in [4.69, 9.17) is 15.2 Å². The Hall–Kier alpha value is -8.45. The van der Waals surface area contributed by atoms with E-state index in [-0.39, 0.29) is 23.5 Å². The van der Waals surface area contributed by atoms with E-state index in [9.17, 15) is 9.90 Å². The van der Waals surface area contributed by atoms with Crippen LogP contribution in [-0.2, 0) is 29.3 Å².